The van der Waals surface area contributed by atoms with Crippen LogP contribution in [-0.2, 0) is 5.33 Å². The predicted molar refractivity (Wildman–Crippen MR) is 67.1 cm³/mol. The standard InChI is InChI=1S/C10H6Br2ClN/c11-3-6-1-7-8(10(13)2-6)4-14-5-9(7)12/h1-2,4-5H,3H2. The minimum absolute atomic E-state index is 0.741. The molecule has 0 aliphatic rings. The molecule has 0 aliphatic heterocycles. The van der Waals surface area contributed by atoms with Crippen molar-refractivity contribution in [1.82, 2.24) is 4.98 Å². The summed E-state index contributed by atoms with van der Waals surface area (Å²) in [6, 6.07) is 4.05. The number of hydrogen-bond acceptors (Lipinski definition) is 1. The largest absolute Gasteiger partial charge is 0.263 e. The van der Waals surface area contributed by atoms with Gasteiger partial charge >= 0.3 is 0 Å². The monoisotopic (exact) mass is 333 g/mol. The molecule has 14 heavy (non-hydrogen) atoms. The second kappa shape index (κ2) is 4.17. The maximum atomic E-state index is 6.13. The molecule has 1 aromatic heterocycles. The zero-order valence-corrected chi connectivity index (χ0v) is 11.0. The van der Waals surface area contributed by atoms with Crippen LogP contribution in [0.4, 0.5) is 0 Å². The Hall–Kier alpha value is -0.120. The normalized spacial score (nSPS) is 10.8. The summed E-state index contributed by atoms with van der Waals surface area (Å²) < 4.78 is 0.972. The summed E-state index contributed by atoms with van der Waals surface area (Å²) in [5, 5.41) is 3.62. The highest BCUT2D eigenvalue weighted by Crippen LogP contribution is 2.30. The molecular weight excluding hydrogens is 329 g/mol. The van der Waals surface area contributed by atoms with Gasteiger partial charge in [0, 0.05) is 33.0 Å². The van der Waals surface area contributed by atoms with Crippen molar-refractivity contribution in [3.05, 3.63) is 39.6 Å². The van der Waals surface area contributed by atoms with Crippen molar-refractivity contribution in [1.29, 1.82) is 0 Å². The summed E-state index contributed by atoms with van der Waals surface area (Å²) in [6.07, 6.45) is 3.55. The van der Waals surface area contributed by atoms with Gasteiger partial charge in [-0.25, -0.2) is 0 Å². The first-order valence-electron chi connectivity index (χ1n) is 4.00. The van der Waals surface area contributed by atoms with E-state index in [1.165, 1.54) is 0 Å². The quantitative estimate of drug-likeness (QED) is 0.697. The molecule has 0 saturated heterocycles. The number of aromatic nitrogens is 1. The van der Waals surface area contributed by atoms with Gasteiger partial charge in [0.25, 0.3) is 0 Å². The van der Waals surface area contributed by atoms with E-state index in [4.69, 9.17) is 11.6 Å². The van der Waals surface area contributed by atoms with Crippen LogP contribution in [0.15, 0.2) is 29.0 Å². The second-order valence-corrected chi connectivity index (χ2v) is 4.75. The number of benzene rings is 1. The number of rotatable bonds is 1. The number of fused-ring (bicyclic) bond motifs is 1. The lowest BCUT2D eigenvalue weighted by Crippen LogP contribution is -1.83. The topological polar surface area (TPSA) is 12.9 Å². The van der Waals surface area contributed by atoms with Crippen LogP contribution in [-0.4, -0.2) is 4.98 Å². The maximum Gasteiger partial charge on any atom is 0.0503 e. The minimum atomic E-state index is 0.741. The maximum absolute atomic E-state index is 6.13. The fourth-order valence-corrected chi connectivity index (χ4v) is 2.39. The van der Waals surface area contributed by atoms with Gasteiger partial charge in [-0.05, 0) is 33.6 Å². The molecule has 1 aromatic carbocycles. The molecule has 1 heterocycles. The zero-order valence-electron chi connectivity index (χ0n) is 7.10. The van der Waals surface area contributed by atoms with E-state index in [-0.39, 0.29) is 0 Å². The molecule has 0 spiro atoms. The van der Waals surface area contributed by atoms with E-state index in [0.717, 1.165) is 31.2 Å². The summed E-state index contributed by atoms with van der Waals surface area (Å²) >= 11 is 13.0. The van der Waals surface area contributed by atoms with Crippen molar-refractivity contribution in [2.75, 3.05) is 0 Å². The van der Waals surface area contributed by atoms with Crippen LogP contribution in [0.2, 0.25) is 5.02 Å². The predicted octanol–water partition coefficient (Wildman–Crippen LogP) is 4.55. The van der Waals surface area contributed by atoms with Crippen molar-refractivity contribution in [2.45, 2.75) is 5.33 Å². The van der Waals surface area contributed by atoms with Crippen LogP contribution in [0.1, 0.15) is 5.56 Å². The first kappa shape index (κ1) is 10.4. The highest BCUT2D eigenvalue weighted by atomic mass is 79.9. The van der Waals surface area contributed by atoms with Crippen LogP contribution in [0, 0.1) is 0 Å². The smallest absolute Gasteiger partial charge is 0.0503 e. The van der Waals surface area contributed by atoms with Crippen molar-refractivity contribution in [3.8, 4) is 0 Å². The molecule has 4 heteroatoms. The van der Waals surface area contributed by atoms with E-state index in [1.54, 1.807) is 12.4 Å². The van der Waals surface area contributed by atoms with E-state index in [2.05, 4.69) is 42.9 Å². The van der Waals surface area contributed by atoms with E-state index in [0.29, 0.717) is 0 Å². The van der Waals surface area contributed by atoms with Gasteiger partial charge in [-0.15, -0.1) is 0 Å². The Morgan fingerprint density at radius 1 is 1.21 bits per heavy atom. The number of hydrogen-bond donors (Lipinski definition) is 0. The average molecular weight is 335 g/mol. The Labute approximate surface area is 104 Å². The molecule has 1 nitrogen and oxygen atoms in total. The molecule has 72 valence electrons. The van der Waals surface area contributed by atoms with Gasteiger partial charge in [0.05, 0.1) is 5.02 Å². The fourth-order valence-electron chi connectivity index (χ4n) is 1.33. The molecule has 0 N–H and O–H groups in total. The van der Waals surface area contributed by atoms with Crippen LogP contribution in [0.5, 0.6) is 0 Å². The van der Waals surface area contributed by atoms with E-state index in [9.17, 15) is 0 Å². The summed E-state index contributed by atoms with van der Waals surface area (Å²) in [5.74, 6) is 0. The lowest BCUT2D eigenvalue weighted by Gasteiger charge is -2.04. The van der Waals surface area contributed by atoms with Gasteiger partial charge in [-0.1, -0.05) is 27.5 Å². The SMILES string of the molecule is Clc1cc(CBr)cc2c(Br)cncc12. The Morgan fingerprint density at radius 2 is 2.00 bits per heavy atom. The van der Waals surface area contributed by atoms with Crippen LogP contribution in [0.25, 0.3) is 10.8 Å². The van der Waals surface area contributed by atoms with Crippen LogP contribution in [0.3, 0.4) is 0 Å². The molecule has 2 aromatic rings. The summed E-state index contributed by atoms with van der Waals surface area (Å²) in [5.41, 5.74) is 1.16. The number of pyridine rings is 1. The molecule has 0 unspecified atom stereocenters. The lowest BCUT2D eigenvalue weighted by atomic mass is 10.1. The zero-order chi connectivity index (χ0) is 10.1. The molecule has 0 radical (unpaired) electrons. The van der Waals surface area contributed by atoms with Gasteiger partial charge in [0.15, 0.2) is 0 Å². The minimum Gasteiger partial charge on any atom is -0.263 e. The van der Waals surface area contributed by atoms with Gasteiger partial charge in [-0.2, -0.15) is 0 Å². The Bertz CT molecular complexity index is 485. The molecular formula is C10H6Br2ClN. The third kappa shape index (κ3) is 1.81. The second-order valence-electron chi connectivity index (χ2n) is 2.93. The molecule has 0 amide bonds. The molecule has 0 bridgehead atoms. The summed E-state index contributed by atoms with van der Waals surface area (Å²) in [6.45, 7) is 0. The highest BCUT2D eigenvalue weighted by Gasteiger charge is 2.04. The van der Waals surface area contributed by atoms with Gasteiger partial charge < -0.3 is 0 Å². The van der Waals surface area contributed by atoms with E-state index < -0.39 is 0 Å². The van der Waals surface area contributed by atoms with Crippen LogP contribution >= 0.6 is 43.5 Å². The van der Waals surface area contributed by atoms with Crippen molar-refractivity contribution >= 4 is 54.2 Å². The highest BCUT2D eigenvalue weighted by molar-refractivity contribution is 9.10. The van der Waals surface area contributed by atoms with Gasteiger partial charge in [-0.3, -0.25) is 4.98 Å². The van der Waals surface area contributed by atoms with E-state index >= 15 is 0 Å². The fraction of sp³-hybridized carbons (Fsp3) is 0.100. The van der Waals surface area contributed by atoms with E-state index in [1.807, 2.05) is 6.07 Å². The summed E-state index contributed by atoms with van der Waals surface area (Å²) in [7, 11) is 0. The van der Waals surface area contributed by atoms with Crippen molar-refractivity contribution in [2.24, 2.45) is 0 Å². The molecule has 0 aliphatic carbocycles. The van der Waals surface area contributed by atoms with Gasteiger partial charge in [0.2, 0.25) is 0 Å². The number of alkyl halides is 1. The Kier molecular flexibility index (Phi) is 3.10. The van der Waals surface area contributed by atoms with Gasteiger partial charge in [0.1, 0.15) is 0 Å². The average Bonchev–Trinajstić information content (AvgIpc) is 2.19. The third-order valence-corrected chi connectivity index (χ3v) is 3.58. The third-order valence-electron chi connectivity index (χ3n) is 1.99. The molecule has 0 saturated carbocycles. The molecule has 0 atom stereocenters. The van der Waals surface area contributed by atoms with Crippen LogP contribution < -0.4 is 0 Å². The first-order valence-corrected chi connectivity index (χ1v) is 6.29. The van der Waals surface area contributed by atoms with Crippen molar-refractivity contribution < 1.29 is 0 Å². The number of nitrogens with zero attached hydrogens (tertiary/aromatic N) is 1. The number of halogens is 3. The Balaban J connectivity index is 2.83. The van der Waals surface area contributed by atoms with Crippen molar-refractivity contribution in [3.63, 3.8) is 0 Å². The summed E-state index contributed by atoms with van der Waals surface area (Å²) in [4.78, 5) is 4.09. The molecule has 0 fully saturated rings. The lowest BCUT2D eigenvalue weighted by molar-refractivity contribution is 1.34. The molecule has 2 rings (SSSR count). The Morgan fingerprint density at radius 3 is 2.71 bits per heavy atom. The first-order chi connectivity index (χ1) is 6.72.